The molecule has 4 nitrogen and oxygen atoms in total. The van der Waals surface area contributed by atoms with E-state index in [1.165, 1.54) is 11.1 Å². The van der Waals surface area contributed by atoms with Crippen molar-refractivity contribution in [3.05, 3.63) is 90.0 Å². The van der Waals surface area contributed by atoms with Crippen molar-refractivity contribution >= 4 is 23.0 Å². The molecule has 5 heteroatoms. The van der Waals surface area contributed by atoms with E-state index in [0.717, 1.165) is 27.8 Å². The lowest BCUT2D eigenvalue weighted by molar-refractivity contribution is -0.112. The Morgan fingerprint density at radius 2 is 1.45 bits per heavy atom. The van der Waals surface area contributed by atoms with E-state index in [-0.39, 0.29) is 17.6 Å². The zero-order valence-electron chi connectivity index (χ0n) is 16.0. The molecule has 0 fully saturated rings. The van der Waals surface area contributed by atoms with Crippen molar-refractivity contribution in [1.82, 2.24) is 5.32 Å². The minimum Gasteiger partial charge on any atom is -0.449 e. The number of nitrogens with one attached hydrogen (secondary N) is 1. The summed E-state index contributed by atoms with van der Waals surface area (Å²) in [5.41, 5.74) is 4.68. The van der Waals surface area contributed by atoms with Crippen LogP contribution in [0.4, 0.5) is 4.79 Å². The Morgan fingerprint density at radius 1 is 0.897 bits per heavy atom. The third-order valence-corrected chi connectivity index (χ3v) is 6.06. The molecule has 0 aromatic heterocycles. The minimum absolute atomic E-state index is 0.00199. The van der Waals surface area contributed by atoms with Gasteiger partial charge in [0, 0.05) is 10.8 Å². The Labute approximate surface area is 174 Å². The first-order chi connectivity index (χ1) is 14.1. The zero-order valence-corrected chi connectivity index (χ0v) is 16.8. The molecule has 1 unspecified atom stereocenters. The predicted octanol–water partition coefficient (Wildman–Crippen LogP) is 5.23. The Kier molecular flexibility index (Phi) is 5.67. The van der Waals surface area contributed by atoms with Gasteiger partial charge in [-0.05, 0) is 53.1 Å². The monoisotopic (exact) mass is 403 g/mol. The van der Waals surface area contributed by atoms with Gasteiger partial charge in [0.25, 0.3) is 0 Å². The van der Waals surface area contributed by atoms with Crippen LogP contribution in [0.1, 0.15) is 24.0 Å². The summed E-state index contributed by atoms with van der Waals surface area (Å²) in [6.45, 7) is 1.90. The van der Waals surface area contributed by atoms with E-state index < -0.39 is 12.1 Å². The van der Waals surface area contributed by atoms with Crippen LogP contribution >= 0.6 is 11.8 Å². The fraction of sp³-hybridized carbons (Fsp3) is 0.167. The Hall–Kier alpha value is -3.05. The van der Waals surface area contributed by atoms with Gasteiger partial charge >= 0.3 is 6.09 Å². The summed E-state index contributed by atoms with van der Waals surface area (Å²) >= 11 is 1.11. The van der Waals surface area contributed by atoms with Crippen LogP contribution < -0.4 is 5.32 Å². The van der Waals surface area contributed by atoms with Crippen LogP contribution in [0.2, 0.25) is 0 Å². The predicted molar refractivity (Wildman–Crippen MR) is 115 cm³/mol. The number of benzene rings is 3. The first kappa shape index (κ1) is 19.3. The first-order valence-corrected chi connectivity index (χ1v) is 10.3. The van der Waals surface area contributed by atoms with E-state index in [1.807, 2.05) is 54.6 Å². The molecule has 29 heavy (non-hydrogen) atoms. The van der Waals surface area contributed by atoms with Crippen LogP contribution in [0.3, 0.4) is 0 Å². The van der Waals surface area contributed by atoms with Crippen molar-refractivity contribution < 1.29 is 14.3 Å². The number of carbonyl (C=O) groups excluding carboxylic acids is 2. The van der Waals surface area contributed by atoms with E-state index >= 15 is 0 Å². The average Bonchev–Trinajstić information content (AvgIpc) is 3.07. The van der Waals surface area contributed by atoms with Crippen LogP contribution in [0.25, 0.3) is 11.1 Å². The molecule has 146 valence electrons. The van der Waals surface area contributed by atoms with E-state index in [1.54, 1.807) is 6.92 Å². The Morgan fingerprint density at radius 3 is 2.07 bits per heavy atom. The highest BCUT2D eigenvalue weighted by Crippen LogP contribution is 2.44. The molecule has 1 N–H and O–H groups in total. The molecule has 3 aromatic rings. The van der Waals surface area contributed by atoms with Gasteiger partial charge in [0.2, 0.25) is 5.12 Å². The average molecular weight is 404 g/mol. The molecule has 1 amide bonds. The van der Waals surface area contributed by atoms with Crippen molar-refractivity contribution in [2.45, 2.75) is 23.8 Å². The second-order valence-electron chi connectivity index (χ2n) is 6.93. The third-order valence-electron chi connectivity index (χ3n) is 4.99. The van der Waals surface area contributed by atoms with Crippen molar-refractivity contribution in [3.63, 3.8) is 0 Å². The van der Waals surface area contributed by atoms with Crippen molar-refractivity contribution in [3.8, 4) is 11.1 Å². The molecule has 0 saturated carbocycles. The highest BCUT2D eigenvalue weighted by Gasteiger charge is 2.29. The van der Waals surface area contributed by atoms with Gasteiger partial charge in [-0.2, -0.15) is 0 Å². The van der Waals surface area contributed by atoms with E-state index in [0.29, 0.717) is 0 Å². The van der Waals surface area contributed by atoms with Crippen LogP contribution in [-0.2, 0) is 9.53 Å². The van der Waals surface area contributed by atoms with Crippen molar-refractivity contribution in [2.24, 2.45) is 0 Å². The summed E-state index contributed by atoms with van der Waals surface area (Å²) in [4.78, 5) is 25.5. The van der Waals surface area contributed by atoms with Crippen LogP contribution in [0.5, 0.6) is 0 Å². The number of amides is 1. The van der Waals surface area contributed by atoms with Crippen molar-refractivity contribution in [2.75, 3.05) is 6.61 Å². The standard InChI is InChI=1S/C24H21NO3S/c1-16(23(26)29-17-9-3-2-4-10-17)25-24(27)28-15-22-20-13-7-5-11-18(20)19-12-6-8-14-21(19)22/h2-14,16,22H,15H2,1H3,(H,25,27). The highest BCUT2D eigenvalue weighted by atomic mass is 32.2. The van der Waals surface area contributed by atoms with E-state index in [4.69, 9.17) is 4.74 Å². The normalized spacial score (nSPS) is 13.3. The molecule has 1 aliphatic carbocycles. The summed E-state index contributed by atoms with van der Waals surface area (Å²) in [6, 6.07) is 25.1. The summed E-state index contributed by atoms with van der Waals surface area (Å²) in [5.74, 6) is -0.00199. The summed E-state index contributed by atoms with van der Waals surface area (Å²) in [5, 5.41) is 2.51. The molecule has 4 rings (SSSR count). The quantitative estimate of drug-likeness (QED) is 0.593. The zero-order chi connectivity index (χ0) is 20.2. The number of hydrogen-bond donors (Lipinski definition) is 1. The second kappa shape index (κ2) is 8.53. The number of carbonyl (C=O) groups is 2. The number of alkyl carbamates (subject to hydrolysis) is 1. The number of hydrogen-bond acceptors (Lipinski definition) is 4. The van der Waals surface area contributed by atoms with Gasteiger partial charge in [-0.1, -0.05) is 66.7 Å². The van der Waals surface area contributed by atoms with Gasteiger partial charge < -0.3 is 10.1 Å². The van der Waals surface area contributed by atoms with Gasteiger partial charge in [-0.3, -0.25) is 4.79 Å². The van der Waals surface area contributed by atoms with Gasteiger partial charge in [0.1, 0.15) is 6.61 Å². The maximum atomic E-state index is 12.3. The van der Waals surface area contributed by atoms with Gasteiger partial charge in [0.05, 0.1) is 6.04 Å². The largest absolute Gasteiger partial charge is 0.449 e. The molecule has 0 bridgehead atoms. The fourth-order valence-corrected chi connectivity index (χ4v) is 4.33. The van der Waals surface area contributed by atoms with Crippen LogP contribution in [-0.4, -0.2) is 23.9 Å². The molecule has 0 spiro atoms. The number of ether oxygens (including phenoxy) is 1. The van der Waals surface area contributed by atoms with Gasteiger partial charge in [0.15, 0.2) is 0 Å². The lowest BCUT2D eigenvalue weighted by atomic mass is 9.98. The lowest BCUT2D eigenvalue weighted by Gasteiger charge is -2.16. The smallest absolute Gasteiger partial charge is 0.407 e. The molecular formula is C24H21NO3S. The summed E-state index contributed by atoms with van der Waals surface area (Å²) < 4.78 is 5.50. The number of rotatable bonds is 5. The molecule has 0 heterocycles. The van der Waals surface area contributed by atoms with Gasteiger partial charge in [-0.15, -0.1) is 0 Å². The topological polar surface area (TPSA) is 55.4 Å². The molecule has 3 aromatic carbocycles. The maximum Gasteiger partial charge on any atom is 0.407 e. The van der Waals surface area contributed by atoms with Crippen molar-refractivity contribution in [1.29, 1.82) is 0 Å². The second-order valence-corrected chi connectivity index (χ2v) is 8.00. The molecular weight excluding hydrogens is 382 g/mol. The minimum atomic E-state index is -0.643. The summed E-state index contributed by atoms with van der Waals surface area (Å²) in [7, 11) is 0. The first-order valence-electron chi connectivity index (χ1n) is 9.51. The Balaban J connectivity index is 1.37. The maximum absolute atomic E-state index is 12.3. The van der Waals surface area contributed by atoms with Crippen LogP contribution in [0, 0.1) is 0 Å². The third kappa shape index (κ3) is 4.20. The molecule has 1 aliphatic rings. The number of fused-ring (bicyclic) bond motifs is 3. The highest BCUT2D eigenvalue weighted by molar-refractivity contribution is 8.13. The molecule has 0 saturated heterocycles. The van der Waals surface area contributed by atoms with Crippen LogP contribution in [0.15, 0.2) is 83.8 Å². The molecule has 0 aliphatic heterocycles. The SMILES string of the molecule is CC(NC(=O)OCC1c2ccccc2-c2ccccc21)C(=O)Sc1ccccc1. The van der Waals surface area contributed by atoms with E-state index in [2.05, 4.69) is 29.6 Å². The summed E-state index contributed by atoms with van der Waals surface area (Å²) in [6.07, 6.45) is -0.582. The molecule has 0 radical (unpaired) electrons. The lowest BCUT2D eigenvalue weighted by Crippen LogP contribution is -2.38. The number of thioether (sulfide) groups is 1. The molecule has 1 atom stereocenters. The fourth-order valence-electron chi connectivity index (χ4n) is 3.57. The van der Waals surface area contributed by atoms with Gasteiger partial charge in [-0.25, -0.2) is 4.79 Å². The van der Waals surface area contributed by atoms with E-state index in [9.17, 15) is 9.59 Å². The Bertz CT molecular complexity index is 990.